The molecule has 5 nitrogen and oxygen atoms in total. The van der Waals surface area contributed by atoms with E-state index in [-0.39, 0.29) is 17.9 Å². The third-order valence-electron chi connectivity index (χ3n) is 5.95. The van der Waals surface area contributed by atoms with Crippen LogP contribution in [0.25, 0.3) is 16.5 Å². The van der Waals surface area contributed by atoms with Gasteiger partial charge >= 0.3 is 0 Å². The zero-order valence-corrected chi connectivity index (χ0v) is 17.9. The van der Waals surface area contributed by atoms with Crippen LogP contribution < -0.4 is 5.32 Å². The standard InChI is InChI=1S/C25H20ClN3O2/c1-14-17(10-6-12-27-14)23-20(13-16-7-5-11-21(26)22(16)28-23)15(2)29-24(30)18-8-3-4-9-19(18)25(29)31/h3-15,27H,1-2H3. The number of nitrogens with zero attached hydrogens (tertiary/aromatic N) is 2. The number of aromatic nitrogens is 1. The molecule has 6 heteroatoms. The molecular weight excluding hydrogens is 410 g/mol. The summed E-state index contributed by atoms with van der Waals surface area (Å²) in [6, 6.07) is 14.1. The summed E-state index contributed by atoms with van der Waals surface area (Å²) in [5.74, 6) is -0.567. The van der Waals surface area contributed by atoms with Gasteiger partial charge in [-0.1, -0.05) is 41.9 Å². The molecular formula is C25H20ClN3O2. The lowest BCUT2D eigenvalue weighted by molar-refractivity contribution is 0.0595. The minimum absolute atomic E-state index is 0.0190. The van der Waals surface area contributed by atoms with E-state index in [1.54, 1.807) is 24.3 Å². The fourth-order valence-electron chi connectivity index (χ4n) is 4.30. The topological polar surface area (TPSA) is 62.3 Å². The maximum atomic E-state index is 13.1. The number of amides is 2. The van der Waals surface area contributed by atoms with Crippen molar-refractivity contribution in [3.63, 3.8) is 0 Å². The molecule has 1 N–H and O–H groups in total. The van der Waals surface area contributed by atoms with E-state index in [2.05, 4.69) is 5.32 Å². The van der Waals surface area contributed by atoms with E-state index in [4.69, 9.17) is 16.6 Å². The number of halogens is 1. The molecule has 2 amide bonds. The van der Waals surface area contributed by atoms with E-state index in [0.717, 1.165) is 22.2 Å². The molecule has 2 aliphatic heterocycles. The second-order valence-electron chi connectivity index (χ2n) is 7.81. The van der Waals surface area contributed by atoms with E-state index in [1.165, 1.54) is 4.90 Å². The van der Waals surface area contributed by atoms with E-state index < -0.39 is 6.04 Å². The molecule has 154 valence electrons. The molecule has 0 fully saturated rings. The molecule has 31 heavy (non-hydrogen) atoms. The molecule has 3 heterocycles. The molecule has 2 atom stereocenters. The van der Waals surface area contributed by atoms with Gasteiger partial charge in [0.15, 0.2) is 0 Å². The van der Waals surface area contributed by atoms with Crippen molar-refractivity contribution in [3.8, 4) is 0 Å². The number of carbonyl (C=O) groups is 2. The first-order valence-corrected chi connectivity index (χ1v) is 10.5. The summed E-state index contributed by atoms with van der Waals surface area (Å²) in [4.78, 5) is 32.5. The van der Waals surface area contributed by atoms with Crippen molar-refractivity contribution in [2.24, 2.45) is 0 Å². The fourth-order valence-corrected chi connectivity index (χ4v) is 4.52. The van der Waals surface area contributed by atoms with E-state index in [9.17, 15) is 9.59 Å². The molecule has 3 aromatic rings. The zero-order valence-electron chi connectivity index (χ0n) is 17.1. The van der Waals surface area contributed by atoms with Crippen molar-refractivity contribution in [2.45, 2.75) is 25.9 Å². The second-order valence-corrected chi connectivity index (χ2v) is 8.22. The van der Waals surface area contributed by atoms with Gasteiger partial charge in [0.25, 0.3) is 11.8 Å². The summed E-state index contributed by atoms with van der Waals surface area (Å²) in [6.07, 6.45) is 5.81. The Morgan fingerprint density at radius 3 is 2.45 bits per heavy atom. The minimum atomic E-state index is -0.503. The van der Waals surface area contributed by atoms with Crippen molar-refractivity contribution >= 4 is 39.9 Å². The average Bonchev–Trinajstić information content (AvgIpc) is 3.04. The van der Waals surface area contributed by atoms with Gasteiger partial charge in [-0.05, 0) is 50.4 Å². The number of dihydropyridines is 1. The Labute approximate surface area is 185 Å². The molecule has 2 aromatic carbocycles. The molecule has 0 saturated carbocycles. The molecule has 0 saturated heterocycles. The van der Waals surface area contributed by atoms with Crippen molar-refractivity contribution in [1.29, 1.82) is 0 Å². The maximum Gasteiger partial charge on any atom is 0.262 e. The van der Waals surface area contributed by atoms with Gasteiger partial charge in [-0.25, -0.2) is 4.98 Å². The van der Waals surface area contributed by atoms with Gasteiger partial charge in [-0.15, -0.1) is 0 Å². The highest BCUT2D eigenvalue weighted by Gasteiger charge is 2.39. The number of hydrogen-bond donors (Lipinski definition) is 1. The third-order valence-corrected chi connectivity index (χ3v) is 6.25. The van der Waals surface area contributed by atoms with Crippen LogP contribution in [-0.4, -0.2) is 27.7 Å². The largest absolute Gasteiger partial charge is 0.384 e. The molecule has 0 spiro atoms. The van der Waals surface area contributed by atoms with Crippen LogP contribution in [0.1, 0.15) is 51.9 Å². The van der Waals surface area contributed by atoms with Crippen molar-refractivity contribution in [2.75, 3.05) is 0 Å². The lowest BCUT2D eigenvalue weighted by atomic mass is 9.93. The van der Waals surface area contributed by atoms with Crippen LogP contribution in [0.2, 0.25) is 5.02 Å². The number of benzene rings is 2. The number of imide groups is 1. The predicted molar refractivity (Wildman–Crippen MR) is 122 cm³/mol. The van der Waals surface area contributed by atoms with Gasteiger partial charge in [0.1, 0.15) is 0 Å². The van der Waals surface area contributed by atoms with Crippen molar-refractivity contribution in [3.05, 3.63) is 94.3 Å². The fraction of sp³-hybridized carbons (Fsp3) is 0.160. The SMILES string of the molecule is CC1NC=CC=C1c1nc2c(Cl)cccc2cc1C(C)N1C(=O)c2ccccc2C1=O. The first-order chi connectivity index (χ1) is 15.0. The highest BCUT2D eigenvalue weighted by atomic mass is 35.5. The molecule has 5 rings (SSSR count). The summed E-state index contributed by atoms with van der Waals surface area (Å²) in [5, 5.41) is 4.72. The number of rotatable bonds is 3. The summed E-state index contributed by atoms with van der Waals surface area (Å²) in [7, 11) is 0. The first-order valence-electron chi connectivity index (χ1n) is 10.2. The third kappa shape index (κ3) is 3.04. The number of hydrogen-bond acceptors (Lipinski definition) is 4. The van der Waals surface area contributed by atoms with Crippen LogP contribution in [0.5, 0.6) is 0 Å². The Morgan fingerprint density at radius 1 is 1.06 bits per heavy atom. The normalized spacial score (nSPS) is 18.7. The number of para-hydroxylation sites is 1. The summed E-state index contributed by atoms with van der Waals surface area (Å²) < 4.78 is 0. The molecule has 0 bridgehead atoms. The van der Waals surface area contributed by atoms with Crippen LogP contribution >= 0.6 is 11.6 Å². The number of carbonyl (C=O) groups excluding carboxylic acids is 2. The second kappa shape index (κ2) is 7.36. The Balaban J connectivity index is 1.70. The average molecular weight is 430 g/mol. The summed E-state index contributed by atoms with van der Waals surface area (Å²) >= 11 is 6.44. The maximum absolute atomic E-state index is 13.1. The highest BCUT2D eigenvalue weighted by molar-refractivity contribution is 6.35. The van der Waals surface area contributed by atoms with Crippen LogP contribution in [0.4, 0.5) is 0 Å². The van der Waals surface area contributed by atoms with Gasteiger partial charge < -0.3 is 5.32 Å². The Hall–Kier alpha value is -3.44. The predicted octanol–water partition coefficient (Wildman–Crippen LogP) is 5.13. The number of nitrogens with one attached hydrogen (secondary N) is 1. The summed E-state index contributed by atoms with van der Waals surface area (Å²) in [6.45, 7) is 3.92. The smallest absolute Gasteiger partial charge is 0.262 e. The molecule has 1 aromatic heterocycles. The van der Waals surface area contributed by atoms with Crippen LogP contribution in [0.15, 0.2) is 66.9 Å². The van der Waals surface area contributed by atoms with Gasteiger partial charge in [0, 0.05) is 16.5 Å². The van der Waals surface area contributed by atoms with E-state index >= 15 is 0 Å². The minimum Gasteiger partial charge on any atom is -0.384 e. The Morgan fingerprint density at radius 2 is 1.77 bits per heavy atom. The molecule has 0 radical (unpaired) electrons. The molecule has 2 unspecified atom stereocenters. The van der Waals surface area contributed by atoms with Crippen LogP contribution in [0.3, 0.4) is 0 Å². The highest BCUT2D eigenvalue weighted by Crippen LogP contribution is 2.37. The number of fused-ring (bicyclic) bond motifs is 2. The summed E-state index contributed by atoms with van der Waals surface area (Å²) in [5.41, 5.74) is 4.08. The Kier molecular flexibility index (Phi) is 4.63. The van der Waals surface area contributed by atoms with Gasteiger partial charge in [-0.2, -0.15) is 0 Å². The van der Waals surface area contributed by atoms with Crippen LogP contribution in [0, 0.1) is 0 Å². The zero-order chi connectivity index (χ0) is 21.7. The lowest BCUT2D eigenvalue weighted by Gasteiger charge is -2.28. The van der Waals surface area contributed by atoms with Gasteiger partial charge in [0.05, 0.1) is 39.4 Å². The van der Waals surface area contributed by atoms with Crippen LogP contribution in [-0.2, 0) is 0 Å². The van der Waals surface area contributed by atoms with Gasteiger partial charge in [-0.3, -0.25) is 14.5 Å². The van der Waals surface area contributed by atoms with Gasteiger partial charge in [0.2, 0.25) is 0 Å². The first kappa shape index (κ1) is 19.5. The molecule has 0 aliphatic carbocycles. The quantitative estimate of drug-likeness (QED) is 0.586. The lowest BCUT2D eigenvalue weighted by Crippen LogP contribution is -2.34. The Bertz CT molecular complexity index is 1280. The number of allylic oxidation sites excluding steroid dienone is 2. The molecule has 2 aliphatic rings. The number of pyridine rings is 1. The van der Waals surface area contributed by atoms with Crippen molar-refractivity contribution < 1.29 is 9.59 Å². The monoisotopic (exact) mass is 429 g/mol. The van der Waals surface area contributed by atoms with E-state index in [1.807, 2.05) is 56.5 Å². The van der Waals surface area contributed by atoms with E-state index in [0.29, 0.717) is 21.7 Å². The van der Waals surface area contributed by atoms with Crippen molar-refractivity contribution in [1.82, 2.24) is 15.2 Å².